The van der Waals surface area contributed by atoms with Crippen LogP contribution in [0.15, 0.2) is 0 Å². The van der Waals surface area contributed by atoms with Crippen LogP contribution in [-0.4, -0.2) is 17.5 Å². The molecule has 0 spiro atoms. The van der Waals surface area contributed by atoms with Crippen molar-refractivity contribution in [1.29, 1.82) is 0 Å². The largest absolute Gasteiger partial charge is 0.347 e. The second-order valence-corrected chi connectivity index (χ2v) is 4.96. The Balaban J connectivity index is 2.28. The van der Waals surface area contributed by atoms with Crippen LogP contribution in [0.1, 0.15) is 47.0 Å². The molecular formula is C11H20O2. The third kappa shape index (κ3) is 1.31. The van der Waals surface area contributed by atoms with Crippen molar-refractivity contribution in [3.8, 4) is 0 Å². The van der Waals surface area contributed by atoms with Gasteiger partial charge in [0.05, 0.1) is 11.7 Å². The highest BCUT2D eigenvalue weighted by molar-refractivity contribution is 4.98. The highest BCUT2D eigenvalue weighted by atomic mass is 16.7. The first-order chi connectivity index (χ1) is 6.00. The smallest absolute Gasteiger partial charge is 0.171 e. The van der Waals surface area contributed by atoms with Crippen LogP contribution in [0.3, 0.4) is 0 Å². The van der Waals surface area contributed by atoms with E-state index in [4.69, 9.17) is 9.47 Å². The average Bonchev–Trinajstić information content (AvgIpc) is 2.18. The van der Waals surface area contributed by atoms with Crippen LogP contribution in [0.2, 0.25) is 0 Å². The molecule has 4 unspecified atom stereocenters. The second kappa shape index (κ2) is 2.71. The van der Waals surface area contributed by atoms with E-state index >= 15 is 0 Å². The van der Waals surface area contributed by atoms with Crippen LogP contribution >= 0.6 is 0 Å². The third-order valence-corrected chi connectivity index (χ3v) is 3.52. The van der Waals surface area contributed by atoms with Gasteiger partial charge in [0.2, 0.25) is 0 Å². The van der Waals surface area contributed by atoms with Gasteiger partial charge in [-0.2, -0.15) is 0 Å². The van der Waals surface area contributed by atoms with Crippen molar-refractivity contribution in [2.24, 2.45) is 5.92 Å². The normalized spacial score (nSPS) is 55.4. The summed E-state index contributed by atoms with van der Waals surface area (Å²) in [6.45, 7) is 8.77. The molecule has 0 aromatic rings. The molecule has 2 heteroatoms. The van der Waals surface area contributed by atoms with Crippen LogP contribution in [0, 0.1) is 5.92 Å². The topological polar surface area (TPSA) is 18.5 Å². The van der Waals surface area contributed by atoms with Gasteiger partial charge in [-0.3, -0.25) is 0 Å². The maximum atomic E-state index is 6.08. The number of hydrogen-bond acceptors (Lipinski definition) is 2. The Morgan fingerprint density at radius 2 is 2.00 bits per heavy atom. The highest BCUT2D eigenvalue weighted by Gasteiger charge is 2.56. The van der Waals surface area contributed by atoms with Crippen molar-refractivity contribution in [2.45, 2.75) is 64.4 Å². The van der Waals surface area contributed by atoms with Gasteiger partial charge >= 0.3 is 0 Å². The molecule has 2 fully saturated rings. The minimum Gasteiger partial charge on any atom is -0.347 e. The molecule has 0 aromatic carbocycles. The van der Waals surface area contributed by atoms with Crippen LogP contribution < -0.4 is 0 Å². The molecule has 2 heterocycles. The first-order valence-corrected chi connectivity index (χ1v) is 5.38. The lowest BCUT2D eigenvalue weighted by Gasteiger charge is -2.42. The van der Waals surface area contributed by atoms with Gasteiger partial charge in [0, 0.05) is 12.3 Å². The molecule has 2 rings (SSSR count). The molecule has 0 amide bonds. The van der Waals surface area contributed by atoms with Gasteiger partial charge < -0.3 is 9.47 Å². The van der Waals surface area contributed by atoms with Crippen molar-refractivity contribution in [3.63, 3.8) is 0 Å². The lowest BCUT2D eigenvalue weighted by Crippen LogP contribution is -2.47. The van der Waals surface area contributed by atoms with Gasteiger partial charge in [-0.25, -0.2) is 0 Å². The average molecular weight is 184 g/mol. The molecule has 4 atom stereocenters. The summed E-state index contributed by atoms with van der Waals surface area (Å²) in [5.74, 6) is 0.263. The SMILES string of the molecule is CCC12OC(C)CC(C)(CC1C)O2. The number of ether oxygens (including phenoxy) is 2. The van der Waals surface area contributed by atoms with Gasteiger partial charge in [0.1, 0.15) is 0 Å². The lowest BCUT2D eigenvalue weighted by atomic mass is 9.90. The predicted molar refractivity (Wildman–Crippen MR) is 51.5 cm³/mol. The number of hydrogen-bond donors (Lipinski definition) is 0. The summed E-state index contributed by atoms with van der Waals surface area (Å²) in [6.07, 6.45) is 3.50. The fourth-order valence-electron chi connectivity index (χ4n) is 3.12. The zero-order valence-electron chi connectivity index (χ0n) is 9.09. The van der Waals surface area contributed by atoms with E-state index < -0.39 is 0 Å². The first kappa shape index (κ1) is 9.47. The maximum Gasteiger partial charge on any atom is 0.171 e. The van der Waals surface area contributed by atoms with Crippen molar-refractivity contribution >= 4 is 0 Å². The van der Waals surface area contributed by atoms with Crippen molar-refractivity contribution in [2.75, 3.05) is 0 Å². The molecule has 2 aliphatic rings. The Morgan fingerprint density at radius 3 is 2.62 bits per heavy atom. The summed E-state index contributed by atoms with van der Waals surface area (Å²) in [6, 6.07) is 0. The molecule has 2 bridgehead atoms. The molecule has 2 saturated heterocycles. The van der Waals surface area contributed by atoms with Crippen molar-refractivity contribution in [3.05, 3.63) is 0 Å². The molecule has 0 radical (unpaired) electrons. The van der Waals surface area contributed by atoms with E-state index in [-0.39, 0.29) is 11.4 Å². The molecule has 0 N–H and O–H groups in total. The molecule has 0 aromatic heterocycles. The lowest BCUT2D eigenvalue weighted by molar-refractivity contribution is -0.318. The van der Waals surface area contributed by atoms with E-state index in [1.54, 1.807) is 0 Å². The van der Waals surface area contributed by atoms with Gasteiger partial charge in [-0.15, -0.1) is 0 Å². The summed E-state index contributed by atoms with van der Waals surface area (Å²) in [4.78, 5) is 0. The quantitative estimate of drug-likeness (QED) is 0.624. The zero-order chi connectivity index (χ0) is 9.69. The van der Waals surface area contributed by atoms with Gasteiger partial charge in [0.15, 0.2) is 5.79 Å². The van der Waals surface area contributed by atoms with E-state index in [2.05, 4.69) is 27.7 Å². The molecule has 0 aliphatic carbocycles. The Kier molecular flexibility index (Phi) is 1.97. The van der Waals surface area contributed by atoms with Crippen LogP contribution in [0.25, 0.3) is 0 Å². The minimum atomic E-state index is -0.271. The van der Waals surface area contributed by atoms with Gasteiger partial charge in [0.25, 0.3) is 0 Å². The monoisotopic (exact) mass is 184 g/mol. The molecule has 2 aliphatic heterocycles. The van der Waals surface area contributed by atoms with Crippen molar-refractivity contribution < 1.29 is 9.47 Å². The van der Waals surface area contributed by atoms with E-state index in [1.165, 1.54) is 0 Å². The summed E-state index contributed by atoms with van der Waals surface area (Å²) in [7, 11) is 0. The third-order valence-electron chi connectivity index (χ3n) is 3.52. The van der Waals surface area contributed by atoms with Crippen LogP contribution in [0.4, 0.5) is 0 Å². The fourth-order valence-corrected chi connectivity index (χ4v) is 3.12. The molecule has 2 nitrogen and oxygen atoms in total. The molecule has 0 saturated carbocycles. The fraction of sp³-hybridized carbons (Fsp3) is 1.00. The molecule has 13 heavy (non-hydrogen) atoms. The summed E-state index contributed by atoms with van der Waals surface area (Å²) in [5, 5.41) is 0. The van der Waals surface area contributed by atoms with Crippen LogP contribution in [-0.2, 0) is 9.47 Å². The Morgan fingerprint density at radius 1 is 1.31 bits per heavy atom. The van der Waals surface area contributed by atoms with E-state index in [0.717, 1.165) is 19.3 Å². The van der Waals surface area contributed by atoms with Crippen LogP contribution in [0.5, 0.6) is 0 Å². The summed E-state index contributed by atoms with van der Waals surface area (Å²) in [5.41, 5.74) is 0.0765. The Bertz CT molecular complexity index is 216. The van der Waals surface area contributed by atoms with Gasteiger partial charge in [-0.1, -0.05) is 13.8 Å². The second-order valence-electron chi connectivity index (χ2n) is 4.96. The maximum absolute atomic E-state index is 6.08. The minimum absolute atomic E-state index is 0.0765. The molecular weight excluding hydrogens is 164 g/mol. The summed E-state index contributed by atoms with van der Waals surface area (Å²) < 4.78 is 12.1. The molecule has 76 valence electrons. The Labute approximate surface area is 80.6 Å². The Hall–Kier alpha value is -0.0800. The zero-order valence-corrected chi connectivity index (χ0v) is 9.09. The van der Waals surface area contributed by atoms with Gasteiger partial charge in [-0.05, 0) is 26.7 Å². The van der Waals surface area contributed by atoms with E-state index in [9.17, 15) is 0 Å². The van der Waals surface area contributed by atoms with E-state index in [1.807, 2.05) is 0 Å². The highest BCUT2D eigenvalue weighted by Crippen LogP contribution is 2.51. The van der Waals surface area contributed by atoms with Crippen molar-refractivity contribution in [1.82, 2.24) is 0 Å². The number of rotatable bonds is 1. The van der Waals surface area contributed by atoms with E-state index in [0.29, 0.717) is 12.0 Å². The number of fused-ring (bicyclic) bond motifs is 2. The summed E-state index contributed by atoms with van der Waals surface area (Å²) >= 11 is 0. The predicted octanol–water partition coefficient (Wildman–Crippen LogP) is 2.72. The standard InChI is InChI=1S/C11H20O2/c1-5-11-8(2)6-10(4,13-11)7-9(3)12-11/h8-9H,5-7H2,1-4H3. The first-order valence-electron chi connectivity index (χ1n) is 5.38.